The normalized spacial score (nSPS) is 16.2. The number of piperidine rings is 1. The summed E-state index contributed by atoms with van der Waals surface area (Å²) in [6.07, 6.45) is 1.53. The van der Waals surface area contributed by atoms with Gasteiger partial charge >= 0.3 is 6.03 Å². The molecule has 150 valence electrons. The molecule has 2 amide bonds. The molecule has 2 aromatic carbocycles. The molecule has 0 unspecified atom stereocenters. The van der Waals surface area contributed by atoms with E-state index in [4.69, 9.17) is 25.8 Å². The number of nitrogens with zero attached hydrogens (tertiary/aromatic N) is 2. The molecule has 0 radical (unpaired) electrons. The highest BCUT2D eigenvalue weighted by Gasteiger charge is 2.25. The molecule has 3 aromatic rings. The zero-order valence-corrected chi connectivity index (χ0v) is 17.0. The number of anilines is 1. The predicted molar refractivity (Wildman–Crippen MR) is 111 cm³/mol. The van der Waals surface area contributed by atoms with E-state index in [0.717, 1.165) is 23.1 Å². The summed E-state index contributed by atoms with van der Waals surface area (Å²) >= 11 is 7.68. The number of thiazole rings is 1. The van der Waals surface area contributed by atoms with Crippen LogP contribution >= 0.6 is 22.9 Å². The van der Waals surface area contributed by atoms with Crippen LogP contribution in [-0.4, -0.2) is 41.9 Å². The number of rotatable bonds is 3. The molecular formula is C20H18ClN3O4S. The monoisotopic (exact) mass is 431 g/mol. The molecule has 1 N–H and O–H groups in total. The van der Waals surface area contributed by atoms with Gasteiger partial charge in [-0.2, -0.15) is 0 Å². The summed E-state index contributed by atoms with van der Waals surface area (Å²) in [4.78, 5) is 18.9. The average Bonchev–Trinajstić information content (AvgIpc) is 3.35. The Kier molecular flexibility index (Phi) is 4.81. The molecule has 9 heteroatoms. The first-order valence-electron chi connectivity index (χ1n) is 9.33. The van der Waals surface area contributed by atoms with Gasteiger partial charge in [0.2, 0.25) is 6.79 Å². The molecule has 7 nitrogen and oxygen atoms in total. The van der Waals surface area contributed by atoms with Crippen molar-refractivity contribution in [2.75, 3.05) is 25.2 Å². The highest BCUT2D eigenvalue weighted by molar-refractivity contribution is 7.20. The second-order valence-electron chi connectivity index (χ2n) is 6.87. The summed E-state index contributed by atoms with van der Waals surface area (Å²) in [7, 11) is 0. The summed E-state index contributed by atoms with van der Waals surface area (Å²) in [5, 5.41) is 4.17. The third-order valence-corrected chi connectivity index (χ3v) is 6.19. The fraction of sp³-hybridized carbons (Fsp3) is 0.300. The first-order valence-corrected chi connectivity index (χ1v) is 10.5. The summed E-state index contributed by atoms with van der Waals surface area (Å²) in [6.45, 7) is 1.44. The Balaban J connectivity index is 1.16. The number of benzene rings is 2. The van der Waals surface area contributed by atoms with Crippen molar-refractivity contribution in [1.82, 2.24) is 9.88 Å². The predicted octanol–water partition coefficient (Wildman–Crippen LogP) is 4.75. The van der Waals surface area contributed by atoms with Crippen LogP contribution in [0.5, 0.6) is 16.7 Å². The molecular weight excluding hydrogens is 414 g/mol. The molecule has 1 saturated heterocycles. The SMILES string of the molecule is O=C(Nc1ccc2c(c1)OCO2)N1CCC(Oc2nc3c(Cl)cccc3s2)CC1. The zero-order valence-electron chi connectivity index (χ0n) is 15.4. The van der Waals surface area contributed by atoms with E-state index >= 15 is 0 Å². The van der Waals surface area contributed by atoms with Crippen LogP contribution in [0.3, 0.4) is 0 Å². The van der Waals surface area contributed by atoms with E-state index < -0.39 is 0 Å². The van der Waals surface area contributed by atoms with Crippen molar-refractivity contribution in [3.8, 4) is 16.7 Å². The molecule has 5 rings (SSSR count). The van der Waals surface area contributed by atoms with Gasteiger partial charge in [0.1, 0.15) is 11.6 Å². The second kappa shape index (κ2) is 7.61. The largest absolute Gasteiger partial charge is 0.467 e. The van der Waals surface area contributed by atoms with Crippen molar-refractivity contribution in [1.29, 1.82) is 0 Å². The smallest absolute Gasteiger partial charge is 0.321 e. The maximum Gasteiger partial charge on any atom is 0.321 e. The number of hydrogen-bond donors (Lipinski definition) is 1. The lowest BCUT2D eigenvalue weighted by Gasteiger charge is -2.31. The molecule has 1 fully saturated rings. The fourth-order valence-corrected chi connectivity index (χ4v) is 4.62. The van der Waals surface area contributed by atoms with Crippen molar-refractivity contribution >= 4 is 44.9 Å². The van der Waals surface area contributed by atoms with E-state index in [1.807, 2.05) is 18.2 Å². The lowest BCUT2D eigenvalue weighted by molar-refractivity contribution is 0.115. The van der Waals surface area contributed by atoms with Crippen LogP contribution in [0.2, 0.25) is 5.02 Å². The highest BCUT2D eigenvalue weighted by atomic mass is 35.5. The van der Waals surface area contributed by atoms with E-state index in [2.05, 4.69) is 10.3 Å². The van der Waals surface area contributed by atoms with Crippen molar-refractivity contribution in [3.05, 3.63) is 41.4 Å². The minimum atomic E-state index is -0.130. The topological polar surface area (TPSA) is 72.9 Å². The molecule has 0 bridgehead atoms. The van der Waals surface area contributed by atoms with Crippen molar-refractivity contribution < 1.29 is 19.0 Å². The molecule has 1 aromatic heterocycles. The van der Waals surface area contributed by atoms with Crippen LogP contribution in [0.4, 0.5) is 10.5 Å². The van der Waals surface area contributed by atoms with Gasteiger partial charge in [-0.1, -0.05) is 29.0 Å². The van der Waals surface area contributed by atoms with Crippen LogP contribution in [0.1, 0.15) is 12.8 Å². The Morgan fingerprint density at radius 2 is 2.03 bits per heavy atom. The number of hydrogen-bond acceptors (Lipinski definition) is 6. The van der Waals surface area contributed by atoms with Crippen LogP contribution in [0.15, 0.2) is 36.4 Å². The van der Waals surface area contributed by atoms with Gasteiger partial charge in [0, 0.05) is 37.7 Å². The first-order chi connectivity index (χ1) is 14.2. The van der Waals surface area contributed by atoms with E-state index in [9.17, 15) is 4.79 Å². The van der Waals surface area contributed by atoms with E-state index in [0.29, 0.717) is 40.5 Å². The van der Waals surface area contributed by atoms with Crippen LogP contribution in [-0.2, 0) is 0 Å². The Labute approximate surface area is 176 Å². The number of ether oxygens (including phenoxy) is 3. The van der Waals surface area contributed by atoms with Crippen molar-refractivity contribution in [2.45, 2.75) is 18.9 Å². The van der Waals surface area contributed by atoms with E-state index in [1.54, 1.807) is 23.1 Å². The van der Waals surface area contributed by atoms with Gasteiger partial charge < -0.3 is 24.4 Å². The summed E-state index contributed by atoms with van der Waals surface area (Å²) < 4.78 is 17.7. The molecule has 0 saturated carbocycles. The number of aromatic nitrogens is 1. The van der Waals surface area contributed by atoms with Crippen molar-refractivity contribution in [2.24, 2.45) is 0 Å². The number of halogens is 1. The van der Waals surface area contributed by atoms with Gasteiger partial charge in [-0.15, -0.1) is 0 Å². The molecule has 0 atom stereocenters. The third-order valence-electron chi connectivity index (χ3n) is 4.97. The van der Waals surface area contributed by atoms with E-state index in [1.165, 1.54) is 11.3 Å². The molecule has 3 heterocycles. The second-order valence-corrected chi connectivity index (χ2v) is 8.27. The lowest BCUT2D eigenvalue weighted by atomic mass is 10.1. The Bertz CT molecular complexity index is 1070. The number of fused-ring (bicyclic) bond motifs is 2. The number of likely N-dealkylation sites (tertiary alicyclic amines) is 1. The van der Waals surface area contributed by atoms with Gasteiger partial charge in [0.25, 0.3) is 5.19 Å². The number of amides is 2. The van der Waals surface area contributed by atoms with E-state index in [-0.39, 0.29) is 18.9 Å². The number of nitrogens with one attached hydrogen (secondary N) is 1. The number of carbonyl (C=O) groups is 1. The van der Waals surface area contributed by atoms with Crippen LogP contribution < -0.4 is 19.5 Å². The van der Waals surface area contributed by atoms with Crippen molar-refractivity contribution in [3.63, 3.8) is 0 Å². The standard InChI is InChI=1S/C20H18ClN3O4S/c21-14-2-1-3-17-18(14)23-20(29-17)28-13-6-8-24(9-7-13)19(25)22-12-4-5-15-16(10-12)27-11-26-15/h1-5,10,13H,6-9,11H2,(H,22,25). The molecule has 2 aliphatic rings. The van der Waals surface area contributed by atoms with Gasteiger partial charge in [-0.3, -0.25) is 0 Å². The van der Waals surface area contributed by atoms with Crippen LogP contribution in [0.25, 0.3) is 10.2 Å². The molecule has 2 aliphatic heterocycles. The summed E-state index contributed by atoms with van der Waals surface area (Å²) in [5.41, 5.74) is 1.46. The molecule has 0 spiro atoms. The summed E-state index contributed by atoms with van der Waals surface area (Å²) in [5.74, 6) is 1.34. The van der Waals surface area contributed by atoms with Crippen LogP contribution in [0, 0.1) is 0 Å². The number of urea groups is 1. The quantitative estimate of drug-likeness (QED) is 0.647. The maximum absolute atomic E-state index is 12.6. The van der Waals surface area contributed by atoms with Gasteiger partial charge in [0.05, 0.1) is 9.72 Å². The Hall–Kier alpha value is -2.71. The molecule has 29 heavy (non-hydrogen) atoms. The first kappa shape index (κ1) is 18.3. The third kappa shape index (κ3) is 3.77. The lowest BCUT2D eigenvalue weighted by Crippen LogP contribution is -2.43. The van der Waals surface area contributed by atoms with Gasteiger partial charge in [-0.25, -0.2) is 9.78 Å². The Morgan fingerprint density at radius 3 is 2.86 bits per heavy atom. The van der Waals surface area contributed by atoms with Gasteiger partial charge in [-0.05, 0) is 24.3 Å². The fourth-order valence-electron chi connectivity index (χ4n) is 3.44. The van der Waals surface area contributed by atoms with Gasteiger partial charge in [0.15, 0.2) is 11.5 Å². The minimum absolute atomic E-state index is 0.0314. The zero-order chi connectivity index (χ0) is 19.8. The minimum Gasteiger partial charge on any atom is -0.467 e. The highest BCUT2D eigenvalue weighted by Crippen LogP contribution is 2.35. The molecule has 0 aliphatic carbocycles. The number of carbonyl (C=O) groups excluding carboxylic acids is 1. The maximum atomic E-state index is 12.6. The summed E-state index contributed by atoms with van der Waals surface area (Å²) in [6, 6.07) is 11.0. The number of para-hydroxylation sites is 1. The average molecular weight is 432 g/mol. The Morgan fingerprint density at radius 1 is 1.21 bits per heavy atom.